The van der Waals surface area contributed by atoms with Crippen LogP contribution in [-0.2, 0) is 9.59 Å². The van der Waals surface area contributed by atoms with Crippen LogP contribution in [0.25, 0.3) is 6.08 Å². The Labute approximate surface area is 250 Å². The van der Waals surface area contributed by atoms with Gasteiger partial charge in [-0.15, -0.1) is 11.8 Å². The van der Waals surface area contributed by atoms with Gasteiger partial charge in [0, 0.05) is 42.5 Å². The highest BCUT2D eigenvalue weighted by Gasteiger charge is 2.17. The Bertz CT molecular complexity index is 1540. The maximum absolute atomic E-state index is 13.4. The average Bonchev–Trinajstić information content (AvgIpc) is 2.95. The molecule has 10 heteroatoms. The number of thioether (sulfide) groups is 1. The molecule has 4 aromatic carbocycles. The number of anilines is 2. The van der Waals surface area contributed by atoms with E-state index in [1.807, 2.05) is 6.07 Å². The summed E-state index contributed by atoms with van der Waals surface area (Å²) in [5.41, 5.74) is 1.83. The molecule has 0 unspecified atom stereocenters. The van der Waals surface area contributed by atoms with Crippen molar-refractivity contribution in [2.24, 2.45) is 0 Å². The fourth-order valence-electron chi connectivity index (χ4n) is 3.48. The van der Waals surface area contributed by atoms with E-state index in [0.717, 1.165) is 4.90 Å². The van der Waals surface area contributed by atoms with Crippen LogP contribution < -0.4 is 16.0 Å². The van der Waals surface area contributed by atoms with Gasteiger partial charge in [-0.25, -0.2) is 0 Å². The highest BCUT2D eigenvalue weighted by Crippen LogP contribution is 2.27. The molecule has 0 atom stereocenters. The number of hydrogen-bond donors (Lipinski definition) is 3. The molecule has 3 N–H and O–H groups in total. The Balaban J connectivity index is 1.48. The normalized spacial score (nSPS) is 11.0. The molecule has 0 saturated carbocycles. The summed E-state index contributed by atoms with van der Waals surface area (Å²) in [5.74, 6) is -1.08. The second-order valence-corrected chi connectivity index (χ2v) is 10.6. The van der Waals surface area contributed by atoms with E-state index in [1.54, 1.807) is 91.0 Å². The number of nitrogens with one attached hydrogen (secondary N) is 3. The third-order valence-corrected chi connectivity index (χ3v) is 7.31. The van der Waals surface area contributed by atoms with Gasteiger partial charge in [0.05, 0.1) is 5.75 Å². The van der Waals surface area contributed by atoms with Gasteiger partial charge in [-0.1, -0.05) is 65.1 Å². The second kappa shape index (κ2) is 14.1. The van der Waals surface area contributed by atoms with Crippen LogP contribution in [-0.4, -0.2) is 23.5 Å². The number of halogens is 3. The Kier molecular flexibility index (Phi) is 10.3. The van der Waals surface area contributed by atoms with Crippen molar-refractivity contribution in [2.45, 2.75) is 4.90 Å². The SMILES string of the molecule is O=C(CSc1cccc(NC(=O)/C(=C\c2c(Cl)cccc2Cl)NC(=O)c2ccccc2)c1)Nc1ccc(Cl)cc1. The van der Waals surface area contributed by atoms with Gasteiger partial charge in [-0.3, -0.25) is 14.4 Å². The number of amides is 3. The minimum atomic E-state index is -0.581. The molecule has 0 aliphatic heterocycles. The summed E-state index contributed by atoms with van der Waals surface area (Å²) in [7, 11) is 0. The van der Waals surface area contributed by atoms with Gasteiger partial charge in [0.1, 0.15) is 5.70 Å². The standard InChI is InChI=1S/C30H22Cl3N3O3S/c31-20-12-14-21(15-13-20)34-28(37)18-40-23-9-4-8-22(16-23)35-30(39)27(17-24-25(32)10-5-11-26(24)33)36-29(38)19-6-2-1-3-7-19/h1-17H,18H2,(H,34,37)(H,35,39)(H,36,38)/b27-17+. The van der Waals surface area contributed by atoms with E-state index < -0.39 is 11.8 Å². The lowest BCUT2D eigenvalue weighted by Gasteiger charge is -2.13. The molecule has 4 aromatic rings. The monoisotopic (exact) mass is 609 g/mol. The first-order valence-corrected chi connectivity index (χ1v) is 14.0. The summed E-state index contributed by atoms with van der Waals surface area (Å²) < 4.78 is 0. The topological polar surface area (TPSA) is 87.3 Å². The highest BCUT2D eigenvalue weighted by molar-refractivity contribution is 8.00. The van der Waals surface area contributed by atoms with E-state index in [-0.39, 0.29) is 17.4 Å². The maximum atomic E-state index is 13.4. The summed E-state index contributed by atoms with van der Waals surface area (Å²) >= 11 is 19.8. The number of carbonyl (C=O) groups is 3. The molecule has 0 radical (unpaired) electrons. The molecule has 0 saturated heterocycles. The predicted molar refractivity (Wildman–Crippen MR) is 164 cm³/mol. The molecule has 0 aliphatic rings. The highest BCUT2D eigenvalue weighted by atomic mass is 35.5. The fraction of sp³-hybridized carbons (Fsp3) is 0.0333. The number of carbonyl (C=O) groups excluding carboxylic acids is 3. The van der Waals surface area contributed by atoms with Gasteiger partial charge in [-0.05, 0) is 72.8 Å². The van der Waals surface area contributed by atoms with Crippen molar-refractivity contribution in [3.8, 4) is 0 Å². The van der Waals surface area contributed by atoms with Crippen LogP contribution in [0.15, 0.2) is 108 Å². The Morgan fingerprint density at radius 3 is 2.10 bits per heavy atom. The van der Waals surface area contributed by atoms with Crippen LogP contribution in [0.3, 0.4) is 0 Å². The van der Waals surface area contributed by atoms with Gasteiger partial charge in [-0.2, -0.15) is 0 Å². The number of benzene rings is 4. The van der Waals surface area contributed by atoms with Crippen LogP contribution in [0.1, 0.15) is 15.9 Å². The van der Waals surface area contributed by atoms with Crippen molar-refractivity contribution in [2.75, 3.05) is 16.4 Å². The summed E-state index contributed by atoms with van der Waals surface area (Å²) in [6.07, 6.45) is 1.43. The summed E-state index contributed by atoms with van der Waals surface area (Å²) in [5, 5.41) is 9.49. The Morgan fingerprint density at radius 1 is 0.725 bits per heavy atom. The first-order chi connectivity index (χ1) is 19.3. The maximum Gasteiger partial charge on any atom is 0.272 e. The summed E-state index contributed by atoms with van der Waals surface area (Å²) in [4.78, 5) is 39.4. The molecule has 0 fully saturated rings. The zero-order valence-electron chi connectivity index (χ0n) is 20.8. The Hall–Kier alpha value is -3.75. The van der Waals surface area contributed by atoms with Crippen LogP contribution >= 0.6 is 46.6 Å². The molecule has 0 bridgehead atoms. The molecule has 4 rings (SSSR count). The van der Waals surface area contributed by atoms with E-state index in [0.29, 0.717) is 37.6 Å². The smallest absolute Gasteiger partial charge is 0.272 e. The minimum Gasteiger partial charge on any atom is -0.325 e. The molecule has 0 aromatic heterocycles. The molecule has 0 heterocycles. The van der Waals surface area contributed by atoms with Gasteiger partial charge >= 0.3 is 0 Å². The van der Waals surface area contributed by atoms with Crippen LogP contribution in [0.4, 0.5) is 11.4 Å². The van der Waals surface area contributed by atoms with Gasteiger partial charge in [0.25, 0.3) is 11.8 Å². The zero-order valence-corrected chi connectivity index (χ0v) is 23.9. The van der Waals surface area contributed by atoms with Crippen molar-refractivity contribution in [1.82, 2.24) is 5.32 Å². The number of rotatable bonds is 9. The van der Waals surface area contributed by atoms with E-state index in [1.165, 1.54) is 17.8 Å². The lowest BCUT2D eigenvalue weighted by molar-refractivity contribution is -0.114. The molecule has 0 aliphatic carbocycles. The third-order valence-electron chi connectivity index (χ3n) is 5.41. The molecular weight excluding hydrogens is 589 g/mol. The van der Waals surface area contributed by atoms with Crippen LogP contribution in [0.5, 0.6) is 0 Å². The van der Waals surface area contributed by atoms with Crippen molar-refractivity contribution < 1.29 is 14.4 Å². The number of hydrogen-bond acceptors (Lipinski definition) is 4. The van der Waals surface area contributed by atoms with E-state index in [4.69, 9.17) is 34.8 Å². The van der Waals surface area contributed by atoms with Crippen molar-refractivity contribution in [3.05, 3.63) is 129 Å². The summed E-state index contributed by atoms with van der Waals surface area (Å²) in [6, 6.07) is 27.3. The van der Waals surface area contributed by atoms with Crippen LogP contribution in [0.2, 0.25) is 15.1 Å². The lowest BCUT2D eigenvalue weighted by Crippen LogP contribution is -2.30. The molecule has 6 nitrogen and oxygen atoms in total. The van der Waals surface area contributed by atoms with Gasteiger partial charge in [0.2, 0.25) is 5.91 Å². The van der Waals surface area contributed by atoms with Crippen LogP contribution in [0, 0.1) is 0 Å². The largest absolute Gasteiger partial charge is 0.325 e. The minimum absolute atomic E-state index is 0.0516. The fourth-order valence-corrected chi connectivity index (χ4v) is 4.86. The quantitative estimate of drug-likeness (QED) is 0.133. The molecule has 3 amide bonds. The Morgan fingerprint density at radius 2 is 1.40 bits per heavy atom. The predicted octanol–water partition coefficient (Wildman–Crippen LogP) is 7.79. The molecule has 0 spiro atoms. The summed E-state index contributed by atoms with van der Waals surface area (Å²) in [6.45, 7) is 0. The molecule has 202 valence electrons. The molecular formula is C30H22Cl3N3O3S. The van der Waals surface area contributed by atoms with Crippen molar-refractivity contribution in [1.29, 1.82) is 0 Å². The lowest BCUT2D eigenvalue weighted by atomic mass is 10.1. The first-order valence-electron chi connectivity index (χ1n) is 11.9. The second-order valence-electron chi connectivity index (χ2n) is 8.34. The zero-order chi connectivity index (χ0) is 28.5. The average molecular weight is 611 g/mol. The van der Waals surface area contributed by atoms with E-state index in [2.05, 4.69) is 16.0 Å². The van der Waals surface area contributed by atoms with E-state index in [9.17, 15) is 14.4 Å². The first kappa shape index (κ1) is 29.2. The third kappa shape index (κ3) is 8.37. The van der Waals surface area contributed by atoms with Crippen molar-refractivity contribution in [3.63, 3.8) is 0 Å². The molecule has 40 heavy (non-hydrogen) atoms. The van der Waals surface area contributed by atoms with Gasteiger partial charge < -0.3 is 16.0 Å². The van der Waals surface area contributed by atoms with E-state index >= 15 is 0 Å². The van der Waals surface area contributed by atoms with Crippen molar-refractivity contribution >= 4 is 81.7 Å². The van der Waals surface area contributed by atoms with Gasteiger partial charge in [0.15, 0.2) is 0 Å².